The molecule has 0 spiro atoms. The molecule has 1 aromatic heterocycles. The van der Waals surface area contributed by atoms with E-state index >= 15 is 0 Å². The van der Waals surface area contributed by atoms with Crippen LogP contribution in [0, 0.1) is 0 Å². The minimum atomic E-state index is 0.948. The fourth-order valence-corrected chi connectivity index (χ4v) is 0.813. The lowest BCUT2D eigenvalue weighted by Gasteiger charge is -1.86. The van der Waals surface area contributed by atoms with Gasteiger partial charge in [-0.3, -0.25) is 0 Å². The van der Waals surface area contributed by atoms with E-state index in [4.69, 9.17) is 0 Å². The van der Waals surface area contributed by atoms with Gasteiger partial charge in [-0.15, -0.1) is 11.8 Å². The summed E-state index contributed by atoms with van der Waals surface area (Å²) in [6.07, 6.45) is 7.23. The second-order valence-electron chi connectivity index (χ2n) is 1.67. The van der Waals surface area contributed by atoms with E-state index in [0.717, 1.165) is 5.69 Å². The lowest BCUT2D eigenvalue weighted by molar-refractivity contribution is 1.15. The topological polar surface area (TPSA) is 25.8 Å². The molecule has 0 amide bonds. The Morgan fingerprint density at radius 1 is 1.60 bits per heavy atom. The molecule has 2 nitrogen and oxygen atoms in total. The Morgan fingerprint density at radius 3 is 3.10 bits per heavy atom. The third kappa shape index (κ3) is 2.19. The molecule has 0 N–H and O–H groups in total. The van der Waals surface area contributed by atoms with Gasteiger partial charge in [0.2, 0.25) is 0 Å². The molecule has 1 rings (SSSR count). The highest BCUT2D eigenvalue weighted by molar-refractivity contribution is 8.01. The lowest BCUT2D eigenvalue weighted by atomic mass is 10.4. The molecular formula is C7H8N2S. The molecular weight excluding hydrogens is 144 g/mol. The standard InChI is InChI=1S/C7H8N2S/c1-10-5-3-7-2-4-8-6-9-7/h2-6H,1H3. The van der Waals surface area contributed by atoms with Crippen molar-refractivity contribution in [2.75, 3.05) is 6.26 Å². The van der Waals surface area contributed by atoms with Crippen LogP contribution in [0.3, 0.4) is 0 Å². The van der Waals surface area contributed by atoms with Crippen molar-refractivity contribution in [3.8, 4) is 0 Å². The van der Waals surface area contributed by atoms with Crippen molar-refractivity contribution in [1.29, 1.82) is 0 Å². The van der Waals surface area contributed by atoms with Crippen LogP contribution in [-0.4, -0.2) is 16.2 Å². The first-order valence-electron chi connectivity index (χ1n) is 2.89. The van der Waals surface area contributed by atoms with Gasteiger partial charge in [-0.25, -0.2) is 9.97 Å². The molecule has 0 fully saturated rings. The first-order valence-corrected chi connectivity index (χ1v) is 4.17. The zero-order valence-electron chi connectivity index (χ0n) is 5.69. The summed E-state index contributed by atoms with van der Waals surface area (Å²) in [6, 6.07) is 1.87. The number of rotatable bonds is 2. The van der Waals surface area contributed by atoms with Crippen molar-refractivity contribution in [1.82, 2.24) is 9.97 Å². The molecule has 0 aliphatic rings. The van der Waals surface area contributed by atoms with Crippen LogP contribution in [0.25, 0.3) is 6.08 Å². The van der Waals surface area contributed by atoms with Crippen molar-refractivity contribution < 1.29 is 0 Å². The molecule has 1 aromatic rings. The van der Waals surface area contributed by atoms with Crippen LogP contribution >= 0.6 is 11.8 Å². The van der Waals surface area contributed by atoms with E-state index in [1.54, 1.807) is 24.3 Å². The van der Waals surface area contributed by atoms with Crippen molar-refractivity contribution in [2.24, 2.45) is 0 Å². The zero-order chi connectivity index (χ0) is 7.23. The van der Waals surface area contributed by atoms with Gasteiger partial charge in [-0.1, -0.05) is 0 Å². The van der Waals surface area contributed by atoms with Crippen LogP contribution in [0.5, 0.6) is 0 Å². The summed E-state index contributed by atoms with van der Waals surface area (Å²) in [4.78, 5) is 7.81. The van der Waals surface area contributed by atoms with Gasteiger partial charge < -0.3 is 0 Å². The van der Waals surface area contributed by atoms with Gasteiger partial charge >= 0.3 is 0 Å². The molecule has 0 bridgehead atoms. The van der Waals surface area contributed by atoms with E-state index in [1.165, 1.54) is 0 Å². The van der Waals surface area contributed by atoms with Crippen LogP contribution in [0.1, 0.15) is 5.69 Å². The maximum absolute atomic E-state index is 4.00. The number of hydrogen-bond acceptors (Lipinski definition) is 3. The summed E-state index contributed by atoms with van der Waals surface area (Å²) >= 11 is 1.66. The lowest BCUT2D eigenvalue weighted by Crippen LogP contribution is -1.78. The predicted octanol–water partition coefficient (Wildman–Crippen LogP) is 1.81. The number of hydrogen-bond donors (Lipinski definition) is 0. The maximum Gasteiger partial charge on any atom is 0.115 e. The van der Waals surface area contributed by atoms with Gasteiger partial charge in [-0.2, -0.15) is 0 Å². The van der Waals surface area contributed by atoms with Crippen LogP contribution < -0.4 is 0 Å². The van der Waals surface area contributed by atoms with Crippen molar-refractivity contribution in [3.05, 3.63) is 29.7 Å². The summed E-state index contributed by atoms with van der Waals surface area (Å²) in [7, 11) is 0. The Hall–Kier alpha value is -0.830. The smallest absolute Gasteiger partial charge is 0.115 e. The summed E-state index contributed by atoms with van der Waals surface area (Å²) in [6.45, 7) is 0. The summed E-state index contributed by atoms with van der Waals surface area (Å²) in [5.41, 5.74) is 0.948. The minimum absolute atomic E-state index is 0.948. The van der Waals surface area contributed by atoms with Crippen molar-refractivity contribution in [3.63, 3.8) is 0 Å². The Bertz CT molecular complexity index is 208. The van der Waals surface area contributed by atoms with E-state index < -0.39 is 0 Å². The fraction of sp³-hybridized carbons (Fsp3) is 0.143. The molecule has 0 atom stereocenters. The molecule has 0 radical (unpaired) electrons. The Kier molecular flexibility index (Phi) is 2.96. The van der Waals surface area contributed by atoms with Crippen molar-refractivity contribution in [2.45, 2.75) is 0 Å². The van der Waals surface area contributed by atoms with E-state index in [2.05, 4.69) is 9.97 Å². The molecule has 0 aliphatic carbocycles. The Labute approximate surface area is 64.4 Å². The van der Waals surface area contributed by atoms with Gasteiger partial charge in [0, 0.05) is 6.20 Å². The monoisotopic (exact) mass is 152 g/mol. The third-order valence-corrected chi connectivity index (χ3v) is 1.39. The molecule has 52 valence electrons. The highest BCUT2D eigenvalue weighted by atomic mass is 32.2. The second-order valence-corrected chi connectivity index (χ2v) is 2.42. The average Bonchev–Trinajstić information content (AvgIpc) is 2.03. The molecule has 0 aromatic carbocycles. The number of nitrogens with zero attached hydrogens (tertiary/aromatic N) is 2. The predicted molar refractivity (Wildman–Crippen MR) is 44.6 cm³/mol. The quantitative estimate of drug-likeness (QED) is 0.646. The molecule has 1 heterocycles. The van der Waals surface area contributed by atoms with Crippen LogP contribution in [0.4, 0.5) is 0 Å². The number of aromatic nitrogens is 2. The van der Waals surface area contributed by atoms with Gasteiger partial charge in [-0.05, 0) is 23.8 Å². The molecule has 10 heavy (non-hydrogen) atoms. The fourth-order valence-electron chi connectivity index (χ4n) is 0.537. The summed E-state index contributed by atoms with van der Waals surface area (Å²) in [5, 5.41) is 1.99. The maximum atomic E-state index is 4.00. The van der Waals surface area contributed by atoms with Crippen molar-refractivity contribution >= 4 is 17.8 Å². The van der Waals surface area contributed by atoms with Crippen LogP contribution in [0.2, 0.25) is 0 Å². The highest BCUT2D eigenvalue weighted by Gasteiger charge is 1.81. The van der Waals surface area contributed by atoms with Gasteiger partial charge in [0.1, 0.15) is 6.33 Å². The SMILES string of the molecule is CSC=Cc1ccncn1. The minimum Gasteiger partial charge on any atom is -0.245 e. The molecule has 0 saturated carbocycles. The zero-order valence-corrected chi connectivity index (χ0v) is 6.51. The first kappa shape index (κ1) is 7.28. The molecule has 3 heteroatoms. The normalized spacial score (nSPS) is 10.5. The average molecular weight is 152 g/mol. The molecule has 0 unspecified atom stereocenters. The molecule has 0 saturated heterocycles. The van der Waals surface area contributed by atoms with E-state index in [0.29, 0.717) is 0 Å². The Balaban J connectivity index is 2.67. The molecule has 0 aliphatic heterocycles. The van der Waals surface area contributed by atoms with E-state index in [-0.39, 0.29) is 0 Å². The Morgan fingerprint density at radius 2 is 2.50 bits per heavy atom. The number of thioether (sulfide) groups is 1. The van der Waals surface area contributed by atoms with E-state index in [9.17, 15) is 0 Å². The summed E-state index contributed by atoms with van der Waals surface area (Å²) in [5.74, 6) is 0. The summed E-state index contributed by atoms with van der Waals surface area (Å²) < 4.78 is 0. The first-order chi connectivity index (χ1) is 4.93. The van der Waals surface area contributed by atoms with Gasteiger partial charge in [0.05, 0.1) is 5.69 Å². The van der Waals surface area contributed by atoms with Gasteiger partial charge in [0.15, 0.2) is 0 Å². The van der Waals surface area contributed by atoms with E-state index in [1.807, 2.05) is 23.8 Å². The van der Waals surface area contributed by atoms with Gasteiger partial charge in [0.25, 0.3) is 0 Å². The third-order valence-electron chi connectivity index (χ3n) is 0.980. The second kappa shape index (κ2) is 4.06. The highest BCUT2D eigenvalue weighted by Crippen LogP contribution is 2.00. The van der Waals surface area contributed by atoms with Crippen LogP contribution in [0.15, 0.2) is 24.0 Å². The largest absolute Gasteiger partial charge is 0.245 e. The van der Waals surface area contributed by atoms with Crippen LogP contribution in [-0.2, 0) is 0 Å².